The van der Waals surface area contributed by atoms with Gasteiger partial charge in [-0.15, -0.1) is 0 Å². The summed E-state index contributed by atoms with van der Waals surface area (Å²) in [5.74, 6) is 0.697. The van der Waals surface area contributed by atoms with Crippen molar-refractivity contribution in [2.75, 3.05) is 18.4 Å². The van der Waals surface area contributed by atoms with Crippen molar-refractivity contribution in [3.05, 3.63) is 48.3 Å². The van der Waals surface area contributed by atoms with E-state index < -0.39 is 0 Å². The molecule has 154 valence electrons. The number of hydrogen-bond acceptors (Lipinski definition) is 5. The van der Waals surface area contributed by atoms with Crippen LogP contribution in [-0.4, -0.2) is 51.1 Å². The van der Waals surface area contributed by atoms with Gasteiger partial charge < -0.3 is 15.0 Å². The van der Waals surface area contributed by atoms with E-state index in [1.165, 1.54) is 0 Å². The van der Waals surface area contributed by atoms with Crippen molar-refractivity contribution in [2.45, 2.75) is 31.8 Å². The third kappa shape index (κ3) is 3.85. The minimum absolute atomic E-state index is 0.00406. The molecule has 1 saturated heterocycles. The average molecular weight is 405 g/mol. The lowest BCUT2D eigenvalue weighted by molar-refractivity contribution is -0.117. The van der Waals surface area contributed by atoms with Gasteiger partial charge >= 0.3 is 0 Å². The summed E-state index contributed by atoms with van der Waals surface area (Å²) in [5, 5.41) is 10.8. The first-order valence-electron chi connectivity index (χ1n) is 10.3. The van der Waals surface area contributed by atoms with E-state index in [9.17, 15) is 9.59 Å². The van der Waals surface area contributed by atoms with Crippen molar-refractivity contribution in [1.29, 1.82) is 0 Å². The topological polar surface area (TPSA) is 100 Å². The molecule has 1 aliphatic carbocycles. The molecule has 2 aromatic heterocycles. The second kappa shape index (κ2) is 7.78. The fraction of sp³-hybridized carbons (Fsp3) is 0.364. The van der Waals surface area contributed by atoms with Crippen LogP contribution >= 0.6 is 0 Å². The second-order valence-electron chi connectivity index (χ2n) is 7.88. The first-order chi connectivity index (χ1) is 14.7. The number of nitrogens with one attached hydrogen (secondary N) is 2. The van der Waals surface area contributed by atoms with Crippen LogP contribution in [0.1, 0.15) is 36.2 Å². The van der Waals surface area contributed by atoms with Crippen LogP contribution in [0.2, 0.25) is 0 Å². The Labute approximate surface area is 173 Å². The Hall–Kier alpha value is -3.42. The van der Waals surface area contributed by atoms with Gasteiger partial charge in [0.05, 0.1) is 17.4 Å². The zero-order valence-electron chi connectivity index (χ0n) is 16.5. The van der Waals surface area contributed by atoms with Crippen LogP contribution in [0.5, 0.6) is 5.88 Å². The van der Waals surface area contributed by atoms with Gasteiger partial charge in [0.15, 0.2) is 5.69 Å². The van der Waals surface area contributed by atoms with Crippen molar-refractivity contribution in [3.63, 3.8) is 0 Å². The van der Waals surface area contributed by atoms with Gasteiger partial charge in [-0.1, -0.05) is 18.2 Å². The predicted molar refractivity (Wildman–Crippen MR) is 111 cm³/mol. The van der Waals surface area contributed by atoms with E-state index in [1.807, 2.05) is 35.2 Å². The first kappa shape index (κ1) is 18.6. The van der Waals surface area contributed by atoms with Gasteiger partial charge in [-0.2, -0.15) is 5.10 Å². The number of para-hydroxylation sites is 1. The number of fused-ring (bicyclic) bond motifs is 1. The van der Waals surface area contributed by atoms with Gasteiger partial charge in [-0.05, 0) is 25.0 Å². The molecule has 3 heterocycles. The van der Waals surface area contributed by atoms with Crippen molar-refractivity contribution in [1.82, 2.24) is 20.1 Å². The first-order valence-corrected chi connectivity index (χ1v) is 10.3. The Morgan fingerprint density at radius 2 is 1.87 bits per heavy atom. The smallest absolute Gasteiger partial charge is 0.274 e. The quantitative estimate of drug-likeness (QED) is 0.680. The SMILES string of the molecule is O=C(Nc1ccc(OC2CCN(C(=O)c3n[nH]c4ccccc34)CC2)nc1)C1CC1. The zero-order valence-corrected chi connectivity index (χ0v) is 16.5. The van der Waals surface area contributed by atoms with Gasteiger partial charge in [0.25, 0.3) is 5.91 Å². The van der Waals surface area contributed by atoms with Crippen LogP contribution in [0.25, 0.3) is 10.9 Å². The van der Waals surface area contributed by atoms with Crippen LogP contribution in [0.15, 0.2) is 42.6 Å². The molecule has 30 heavy (non-hydrogen) atoms. The summed E-state index contributed by atoms with van der Waals surface area (Å²) in [4.78, 5) is 30.8. The molecule has 2 fully saturated rings. The van der Waals surface area contributed by atoms with Gasteiger partial charge in [0.1, 0.15) is 6.10 Å². The van der Waals surface area contributed by atoms with E-state index in [1.54, 1.807) is 12.3 Å². The Balaban J connectivity index is 1.15. The minimum atomic E-state index is -0.0558. The lowest BCUT2D eigenvalue weighted by Gasteiger charge is -2.31. The fourth-order valence-corrected chi connectivity index (χ4v) is 3.74. The molecule has 5 rings (SSSR count). The molecular formula is C22H23N5O3. The summed E-state index contributed by atoms with van der Waals surface area (Å²) >= 11 is 0. The van der Waals surface area contributed by atoms with E-state index in [-0.39, 0.29) is 23.8 Å². The van der Waals surface area contributed by atoms with Crippen molar-refractivity contribution in [3.8, 4) is 5.88 Å². The molecule has 1 aliphatic heterocycles. The number of likely N-dealkylation sites (tertiary alicyclic amines) is 1. The van der Waals surface area contributed by atoms with Crippen molar-refractivity contribution >= 4 is 28.4 Å². The van der Waals surface area contributed by atoms with E-state index >= 15 is 0 Å². The molecule has 0 spiro atoms. The predicted octanol–water partition coefficient (Wildman–Crippen LogP) is 2.99. The van der Waals surface area contributed by atoms with Crippen molar-refractivity contribution in [2.24, 2.45) is 5.92 Å². The maximum Gasteiger partial charge on any atom is 0.274 e. The number of piperidine rings is 1. The van der Waals surface area contributed by atoms with Crippen LogP contribution < -0.4 is 10.1 Å². The number of carbonyl (C=O) groups is 2. The molecule has 8 nitrogen and oxygen atoms in total. The maximum atomic E-state index is 12.9. The van der Waals surface area contributed by atoms with Crippen LogP contribution in [0.3, 0.4) is 0 Å². The van der Waals surface area contributed by atoms with Crippen molar-refractivity contribution < 1.29 is 14.3 Å². The maximum absolute atomic E-state index is 12.9. The Bertz CT molecular complexity index is 1070. The molecule has 0 atom stereocenters. The second-order valence-corrected chi connectivity index (χ2v) is 7.88. The van der Waals surface area contributed by atoms with E-state index in [2.05, 4.69) is 20.5 Å². The summed E-state index contributed by atoms with van der Waals surface area (Å²) in [6.07, 6.45) is 5.03. The number of H-pyrrole nitrogens is 1. The summed E-state index contributed by atoms with van der Waals surface area (Å²) in [6, 6.07) is 11.2. The van der Waals surface area contributed by atoms with Gasteiger partial charge in [-0.3, -0.25) is 14.7 Å². The number of rotatable bonds is 5. The number of nitrogens with zero attached hydrogens (tertiary/aromatic N) is 3. The molecule has 8 heteroatoms. The molecule has 1 saturated carbocycles. The van der Waals surface area contributed by atoms with Gasteiger partial charge in [-0.25, -0.2) is 4.98 Å². The van der Waals surface area contributed by atoms with E-state index in [0.29, 0.717) is 30.4 Å². The summed E-state index contributed by atoms with van der Waals surface area (Å²) in [7, 11) is 0. The van der Waals surface area contributed by atoms with Gasteiger partial charge in [0, 0.05) is 43.3 Å². The lowest BCUT2D eigenvalue weighted by Crippen LogP contribution is -2.42. The Kier molecular flexibility index (Phi) is 4.82. The monoisotopic (exact) mass is 405 g/mol. The molecule has 0 bridgehead atoms. The van der Waals surface area contributed by atoms with Gasteiger partial charge in [0.2, 0.25) is 11.8 Å². The number of hydrogen-bond donors (Lipinski definition) is 2. The highest BCUT2D eigenvalue weighted by atomic mass is 16.5. The van der Waals surface area contributed by atoms with E-state index in [0.717, 1.165) is 36.6 Å². The summed E-state index contributed by atoms with van der Waals surface area (Å²) < 4.78 is 5.98. The zero-order chi connectivity index (χ0) is 20.5. The number of carbonyl (C=O) groups excluding carboxylic acids is 2. The van der Waals surface area contributed by atoms with E-state index in [4.69, 9.17) is 4.74 Å². The summed E-state index contributed by atoms with van der Waals surface area (Å²) in [5.41, 5.74) is 2.02. The highest BCUT2D eigenvalue weighted by Gasteiger charge is 2.30. The fourth-order valence-electron chi connectivity index (χ4n) is 3.74. The molecule has 0 unspecified atom stereocenters. The third-order valence-corrected chi connectivity index (χ3v) is 5.64. The molecular weight excluding hydrogens is 382 g/mol. The molecule has 0 radical (unpaired) electrons. The number of ether oxygens (including phenoxy) is 1. The minimum Gasteiger partial charge on any atom is -0.474 e. The largest absolute Gasteiger partial charge is 0.474 e. The number of benzene rings is 1. The Morgan fingerprint density at radius 1 is 1.07 bits per heavy atom. The number of aromatic amines is 1. The molecule has 2 aliphatic rings. The summed E-state index contributed by atoms with van der Waals surface area (Å²) in [6.45, 7) is 1.22. The number of aromatic nitrogens is 3. The molecule has 1 aromatic carbocycles. The standard InChI is InChI=1S/C22H23N5O3/c28-21(14-5-6-14)24-15-7-8-19(23-13-15)30-16-9-11-27(12-10-16)22(29)20-17-3-1-2-4-18(17)25-26-20/h1-4,7-8,13-14,16H,5-6,9-12H2,(H,24,28)(H,25,26). The number of pyridine rings is 1. The molecule has 2 amide bonds. The average Bonchev–Trinajstić information content (AvgIpc) is 3.55. The Morgan fingerprint density at radius 3 is 2.60 bits per heavy atom. The van der Waals surface area contributed by atoms with Crippen LogP contribution in [0.4, 0.5) is 5.69 Å². The molecule has 3 aromatic rings. The number of amides is 2. The lowest BCUT2D eigenvalue weighted by atomic mass is 10.1. The highest BCUT2D eigenvalue weighted by molar-refractivity contribution is 6.04. The third-order valence-electron chi connectivity index (χ3n) is 5.64. The molecule has 2 N–H and O–H groups in total. The highest BCUT2D eigenvalue weighted by Crippen LogP contribution is 2.30. The van der Waals surface area contributed by atoms with Crippen LogP contribution in [0, 0.1) is 5.92 Å². The normalized spacial score (nSPS) is 17.1. The van der Waals surface area contributed by atoms with Crippen LogP contribution in [-0.2, 0) is 4.79 Å². The number of anilines is 1.